The number of aliphatic hydroxyl groups is 1. The lowest BCUT2D eigenvalue weighted by molar-refractivity contribution is 0.0553. The van der Waals surface area contributed by atoms with Gasteiger partial charge in [-0.1, -0.05) is 6.07 Å². The maximum atomic E-state index is 13.7. The minimum atomic E-state index is -1.62. The Morgan fingerprint density at radius 2 is 2.04 bits per heavy atom. The lowest BCUT2D eigenvalue weighted by atomic mass is 9.95. The van der Waals surface area contributed by atoms with E-state index in [1.165, 1.54) is 13.0 Å². The molecule has 0 bridgehead atoms. The summed E-state index contributed by atoms with van der Waals surface area (Å²) < 4.78 is 26.7. The number of halogens is 2. The maximum absolute atomic E-state index is 13.7. The van der Waals surface area contributed by atoms with Crippen molar-refractivity contribution in [2.75, 3.05) is 26.7 Å². The Morgan fingerprint density at radius 1 is 1.39 bits per heavy atom. The van der Waals surface area contributed by atoms with E-state index in [0.717, 1.165) is 32.0 Å². The first-order chi connectivity index (χ1) is 10.8. The summed E-state index contributed by atoms with van der Waals surface area (Å²) in [7, 11) is 2.03. The second-order valence-corrected chi connectivity index (χ2v) is 6.30. The molecule has 1 atom stereocenters. The van der Waals surface area contributed by atoms with Gasteiger partial charge in [0.1, 0.15) is 17.2 Å². The minimum absolute atomic E-state index is 0.0570. The van der Waals surface area contributed by atoms with E-state index in [1.54, 1.807) is 0 Å². The molecule has 0 aromatic heterocycles. The number of nitrogens with one attached hydrogen (secondary N) is 2. The fourth-order valence-electron chi connectivity index (χ4n) is 2.66. The molecule has 0 aliphatic carbocycles. The molecular weight excluding hydrogens is 304 g/mol. The highest BCUT2D eigenvalue weighted by atomic mass is 19.1. The second kappa shape index (κ2) is 7.23. The van der Waals surface area contributed by atoms with Crippen molar-refractivity contribution in [3.05, 3.63) is 35.4 Å². The molecule has 5 nitrogen and oxygen atoms in total. The van der Waals surface area contributed by atoms with Gasteiger partial charge in [-0.3, -0.25) is 0 Å². The Balaban J connectivity index is 1.87. The van der Waals surface area contributed by atoms with Crippen LogP contribution in [0.5, 0.6) is 0 Å². The number of hydrogen-bond donors (Lipinski definition) is 3. The normalized spacial score (nSPS) is 19.2. The molecule has 23 heavy (non-hydrogen) atoms. The summed E-state index contributed by atoms with van der Waals surface area (Å²) >= 11 is 0. The molecule has 1 heterocycles. The van der Waals surface area contributed by atoms with Crippen molar-refractivity contribution < 1.29 is 18.7 Å². The molecule has 1 saturated heterocycles. The summed E-state index contributed by atoms with van der Waals surface area (Å²) in [6, 6.07) is 2.66. The van der Waals surface area contributed by atoms with Gasteiger partial charge in [-0.05, 0) is 46.0 Å². The van der Waals surface area contributed by atoms with Gasteiger partial charge in [-0.25, -0.2) is 13.6 Å². The van der Waals surface area contributed by atoms with Crippen LogP contribution in [0.15, 0.2) is 18.2 Å². The molecule has 1 unspecified atom stereocenters. The lowest BCUT2D eigenvalue weighted by Crippen LogP contribution is -2.49. The van der Waals surface area contributed by atoms with Crippen LogP contribution in [0.1, 0.15) is 25.3 Å². The highest BCUT2D eigenvalue weighted by molar-refractivity contribution is 5.74. The highest BCUT2D eigenvalue weighted by Crippen LogP contribution is 2.23. The van der Waals surface area contributed by atoms with Crippen LogP contribution in [-0.2, 0) is 5.60 Å². The first-order valence-electron chi connectivity index (χ1n) is 7.69. The molecule has 0 spiro atoms. The molecule has 2 amide bonds. The third kappa shape index (κ3) is 4.87. The molecule has 1 aliphatic heterocycles. The third-order valence-electron chi connectivity index (χ3n) is 4.16. The number of nitrogens with zero attached hydrogens (tertiary/aromatic N) is 1. The van der Waals surface area contributed by atoms with Gasteiger partial charge in [0.05, 0.1) is 6.54 Å². The first-order valence-corrected chi connectivity index (χ1v) is 7.69. The van der Waals surface area contributed by atoms with Crippen LogP contribution >= 0.6 is 0 Å². The van der Waals surface area contributed by atoms with Crippen LogP contribution in [0.3, 0.4) is 0 Å². The van der Waals surface area contributed by atoms with E-state index in [4.69, 9.17) is 0 Å². The van der Waals surface area contributed by atoms with Gasteiger partial charge in [0.25, 0.3) is 0 Å². The average Bonchev–Trinajstić information content (AvgIpc) is 2.47. The van der Waals surface area contributed by atoms with Crippen molar-refractivity contribution in [3.63, 3.8) is 0 Å². The Kier molecular flexibility index (Phi) is 5.54. The zero-order valence-corrected chi connectivity index (χ0v) is 13.4. The summed E-state index contributed by atoms with van der Waals surface area (Å²) in [6.45, 7) is 3.04. The van der Waals surface area contributed by atoms with E-state index < -0.39 is 23.3 Å². The van der Waals surface area contributed by atoms with Crippen molar-refractivity contribution in [2.24, 2.45) is 0 Å². The predicted molar refractivity (Wildman–Crippen MR) is 83.0 cm³/mol. The van der Waals surface area contributed by atoms with Gasteiger partial charge in [-0.15, -0.1) is 0 Å². The summed E-state index contributed by atoms with van der Waals surface area (Å²) in [4.78, 5) is 14.1. The summed E-state index contributed by atoms with van der Waals surface area (Å²) in [5.74, 6) is -1.55. The van der Waals surface area contributed by atoms with Gasteiger partial charge in [0.2, 0.25) is 0 Å². The predicted octanol–water partition coefficient (Wildman–Crippen LogP) is 1.57. The molecule has 1 fully saturated rings. The molecule has 7 heteroatoms. The number of hydrogen-bond acceptors (Lipinski definition) is 3. The van der Waals surface area contributed by atoms with E-state index >= 15 is 0 Å². The first kappa shape index (κ1) is 17.6. The smallest absolute Gasteiger partial charge is 0.315 e. The lowest BCUT2D eigenvalue weighted by Gasteiger charge is -2.30. The van der Waals surface area contributed by atoms with E-state index in [9.17, 15) is 18.7 Å². The topological polar surface area (TPSA) is 64.6 Å². The van der Waals surface area contributed by atoms with E-state index in [-0.39, 0.29) is 18.2 Å². The quantitative estimate of drug-likeness (QED) is 0.786. The van der Waals surface area contributed by atoms with Crippen LogP contribution in [0.2, 0.25) is 0 Å². The average molecular weight is 327 g/mol. The molecule has 2 rings (SSSR count). The maximum Gasteiger partial charge on any atom is 0.315 e. The Bertz CT molecular complexity index is 558. The van der Waals surface area contributed by atoms with Crippen molar-refractivity contribution in [2.45, 2.75) is 31.4 Å². The number of carbonyl (C=O) groups is 1. The monoisotopic (exact) mass is 327 g/mol. The fraction of sp³-hybridized carbons (Fsp3) is 0.562. The van der Waals surface area contributed by atoms with Crippen molar-refractivity contribution >= 4 is 6.03 Å². The van der Waals surface area contributed by atoms with Gasteiger partial charge in [-0.2, -0.15) is 0 Å². The molecule has 0 radical (unpaired) electrons. The number of benzene rings is 1. The molecule has 1 aromatic carbocycles. The SMILES string of the molecule is CN1CCC(NC(=O)NCC(C)(O)c2ccc(F)cc2F)CC1. The van der Waals surface area contributed by atoms with Gasteiger partial charge in [0, 0.05) is 17.7 Å². The van der Waals surface area contributed by atoms with Crippen LogP contribution in [-0.4, -0.2) is 48.8 Å². The van der Waals surface area contributed by atoms with E-state index in [1.807, 2.05) is 7.05 Å². The number of rotatable bonds is 4. The third-order valence-corrected chi connectivity index (χ3v) is 4.16. The molecule has 1 aromatic rings. The van der Waals surface area contributed by atoms with Crippen molar-refractivity contribution in [3.8, 4) is 0 Å². The summed E-state index contributed by atoms with van der Waals surface area (Å²) in [6.07, 6.45) is 1.74. The summed E-state index contributed by atoms with van der Waals surface area (Å²) in [5, 5.41) is 15.7. The molecule has 0 saturated carbocycles. The Labute approximate surface area is 134 Å². The van der Waals surface area contributed by atoms with Crippen LogP contribution in [0.4, 0.5) is 13.6 Å². The summed E-state index contributed by atoms with van der Waals surface area (Å²) in [5.41, 5.74) is -1.68. The second-order valence-electron chi connectivity index (χ2n) is 6.30. The van der Waals surface area contributed by atoms with Gasteiger partial charge >= 0.3 is 6.03 Å². The zero-order valence-electron chi connectivity index (χ0n) is 13.4. The van der Waals surface area contributed by atoms with E-state index in [0.29, 0.717) is 6.07 Å². The van der Waals surface area contributed by atoms with Crippen LogP contribution in [0, 0.1) is 11.6 Å². The van der Waals surface area contributed by atoms with Gasteiger partial charge in [0.15, 0.2) is 0 Å². The molecule has 128 valence electrons. The van der Waals surface area contributed by atoms with Crippen LogP contribution < -0.4 is 10.6 Å². The Morgan fingerprint density at radius 3 is 2.65 bits per heavy atom. The minimum Gasteiger partial charge on any atom is -0.383 e. The largest absolute Gasteiger partial charge is 0.383 e. The number of likely N-dealkylation sites (tertiary alicyclic amines) is 1. The zero-order chi connectivity index (χ0) is 17.0. The number of carbonyl (C=O) groups excluding carboxylic acids is 1. The van der Waals surface area contributed by atoms with Gasteiger partial charge < -0.3 is 20.6 Å². The molecule has 3 N–H and O–H groups in total. The standard InChI is InChI=1S/C16H23F2N3O2/c1-16(23,13-4-3-11(17)9-14(13)18)10-19-15(22)20-12-5-7-21(2)8-6-12/h3-4,9,12,23H,5-8,10H2,1-2H3,(H2,19,20,22). The number of piperidine rings is 1. The Hall–Kier alpha value is -1.73. The van der Waals surface area contributed by atoms with Crippen LogP contribution in [0.25, 0.3) is 0 Å². The molecular formula is C16H23F2N3O2. The number of amides is 2. The fourth-order valence-corrected chi connectivity index (χ4v) is 2.66. The number of urea groups is 1. The van der Waals surface area contributed by atoms with Crippen molar-refractivity contribution in [1.82, 2.24) is 15.5 Å². The van der Waals surface area contributed by atoms with E-state index in [2.05, 4.69) is 15.5 Å². The highest BCUT2D eigenvalue weighted by Gasteiger charge is 2.28. The molecule has 1 aliphatic rings. The van der Waals surface area contributed by atoms with Crippen molar-refractivity contribution in [1.29, 1.82) is 0 Å².